The second-order valence-corrected chi connectivity index (χ2v) is 5.82. The van der Waals surface area contributed by atoms with E-state index in [0.29, 0.717) is 6.54 Å². The van der Waals surface area contributed by atoms with E-state index in [0.717, 1.165) is 6.42 Å². The molecule has 6 nitrogen and oxygen atoms in total. The number of rotatable bonds is 7. The van der Waals surface area contributed by atoms with Crippen molar-refractivity contribution >= 4 is 23.4 Å². The minimum Gasteiger partial charge on any atom is -0.360 e. The van der Waals surface area contributed by atoms with Crippen LogP contribution in [-0.4, -0.2) is 30.1 Å². The second kappa shape index (κ2) is 8.62. The van der Waals surface area contributed by atoms with E-state index in [-0.39, 0.29) is 46.5 Å². The summed E-state index contributed by atoms with van der Waals surface area (Å²) in [6.45, 7) is 4.23. The molecular weight excluding hydrogens is 349 g/mol. The number of hydrogen-bond acceptors (Lipinski definition) is 4. The molecule has 2 aromatic rings. The van der Waals surface area contributed by atoms with Gasteiger partial charge in [0.2, 0.25) is 5.91 Å². The summed E-state index contributed by atoms with van der Waals surface area (Å²) in [7, 11) is 0. The van der Waals surface area contributed by atoms with Gasteiger partial charge in [0.25, 0.3) is 5.91 Å². The Morgan fingerprint density at radius 2 is 2.04 bits per heavy atom. The van der Waals surface area contributed by atoms with Crippen molar-refractivity contribution in [1.29, 1.82) is 0 Å². The third kappa shape index (κ3) is 4.57. The van der Waals surface area contributed by atoms with Crippen molar-refractivity contribution in [2.45, 2.75) is 26.7 Å². The summed E-state index contributed by atoms with van der Waals surface area (Å²) in [6.07, 6.45) is 0.983. The van der Waals surface area contributed by atoms with Gasteiger partial charge in [-0.1, -0.05) is 29.7 Å². The zero-order chi connectivity index (χ0) is 18.4. The maximum Gasteiger partial charge on any atom is 0.257 e. The average molecular weight is 368 g/mol. The summed E-state index contributed by atoms with van der Waals surface area (Å²) in [4.78, 5) is 24.0. The Morgan fingerprint density at radius 1 is 1.28 bits per heavy atom. The number of benzene rings is 1. The summed E-state index contributed by atoms with van der Waals surface area (Å²) in [5, 5.41) is 9.23. The van der Waals surface area contributed by atoms with E-state index in [2.05, 4.69) is 15.8 Å². The van der Waals surface area contributed by atoms with E-state index in [1.54, 1.807) is 6.92 Å². The number of nitrogens with zero attached hydrogens (tertiary/aromatic N) is 1. The lowest BCUT2D eigenvalue weighted by Gasteiger charge is -2.07. The molecule has 0 saturated carbocycles. The van der Waals surface area contributed by atoms with E-state index in [4.69, 9.17) is 16.1 Å². The standard InChI is InChI=1S/C17H19ClFN3O3/c1-3-8-20-13(23)7-9-21-17(24)14-10(2)25-22-16(14)15-11(18)5-4-6-12(15)19/h4-6H,3,7-9H2,1-2H3,(H,20,23)(H,21,24). The second-order valence-electron chi connectivity index (χ2n) is 5.41. The molecule has 0 bridgehead atoms. The van der Waals surface area contributed by atoms with E-state index in [1.807, 2.05) is 6.92 Å². The van der Waals surface area contributed by atoms with Gasteiger partial charge in [-0.2, -0.15) is 0 Å². The molecule has 0 radical (unpaired) electrons. The van der Waals surface area contributed by atoms with Gasteiger partial charge in [-0.15, -0.1) is 0 Å². The fraction of sp³-hybridized carbons (Fsp3) is 0.353. The Kier molecular flexibility index (Phi) is 6.52. The van der Waals surface area contributed by atoms with Gasteiger partial charge < -0.3 is 15.2 Å². The fourth-order valence-electron chi connectivity index (χ4n) is 2.26. The van der Waals surface area contributed by atoms with Crippen LogP contribution < -0.4 is 10.6 Å². The van der Waals surface area contributed by atoms with Crippen LogP contribution in [-0.2, 0) is 4.79 Å². The lowest BCUT2D eigenvalue weighted by Crippen LogP contribution is -2.31. The lowest BCUT2D eigenvalue weighted by atomic mass is 10.0. The molecule has 2 rings (SSSR count). The van der Waals surface area contributed by atoms with Crippen LogP contribution in [0.15, 0.2) is 22.7 Å². The van der Waals surface area contributed by atoms with E-state index in [1.165, 1.54) is 18.2 Å². The average Bonchev–Trinajstić information content (AvgIpc) is 2.94. The van der Waals surface area contributed by atoms with Gasteiger partial charge in [0.1, 0.15) is 22.8 Å². The summed E-state index contributed by atoms with van der Waals surface area (Å²) in [6, 6.07) is 4.19. The number of nitrogens with one attached hydrogen (secondary N) is 2. The molecular formula is C17H19ClFN3O3. The summed E-state index contributed by atoms with van der Waals surface area (Å²) in [5.41, 5.74) is 0.140. The van der Waals surface area contributed by atoms with Gasteiger partial charge in [0.15, 0.2) is 0 Å². The quantitative estimate of drug-likeness (QED) is 0.787. The number of amides is 2. The van der Waals surface area contributed by atoms with Crippen molar-refractivity contribution in [2.75, 3.05) is 13.1 Å². The van der Waals surface area contributed by atoms with E-state index in [9.17, 15) is 14.0 Å². The highest BCUT2D eigenvalue weighted by atomic mass is 35.5. The SMILES string of the molecule is CCCNC(=O)CCNC(=O)c1c(-c2c(F)cccc2Cl)noc1C. The molecule has 2 N–H and O–H groups in total. The van der Waals surface area contributed by atoms with E-state index < -0.39 is 11.7 Å². The first-order valence-electron chi connectivity index (χ1n) is 7.91. The summed E-state index contributed by atoms with van der Waals surface area (Å²) >= 11 is 6.04. The number of hydrogen-bond donors (Lipinski definition) is 2. The molecule has 25 heavy (non-hydrogen) atoms. The predicted octanol–water partition coefficient (Wildman–Crippen LogP) is 3.09. The molecule has 1 heterocycles. The Hall–Kier alpha value is -2.41. The van der Waals surface area contributed by atoms with Crippen molar-refractivity contribution in [3.63, 3.8) is 0 Å². The maximum atomic E-state index is 14.1. The first kappa shape index (κ1) is 18.9. The lowest BCUT2D eigenvalue weighted by molar-refractivity contribution is -0.120. The number of carbonyl (C=O) groups is 2. The number of aromatic nitrogens is 1. The summed E-state index contributed by atoms with van der Waals surface area (Å²) in [5.74, 6) is -1.02. The van der Waals surface area contributed by atoms with Crippen LogP contribution in [0.5, 0.6) is 0 Å². The number of aryl methyl sites for hydroxylation is 1. The number of carbonyl (C=O) groups excluding carboxylic acids is 2. The van der Waals surface area contributed by atoms with Gasteiger partial charge in [-0.25, -0.2) is 4.39 Å². The predicted molar refractivity (Wildman–Crippen MR) is 91.9 cm³/mol. The number of halogens is 2. The molecule has 0 spiro atoms. The van der Waals surface area contributed by atoms with Gasteiger partial charge in [0.05, 0.1) is 10.6 Å². The van der Waals surface area contributed by atoms with Gasteiger partial charge in [-0.05, 0) is 25.5 Å². The van der Waals surface area contributed by atoms with Crippen LogP contribution in [0.3, 0.4) is 0 Å². The highest BCUT2D eigenvalue weighted by Crippen LogP contribution is 2.33. The van der Waals surface area contributed by atoms with Crippen molar-refractivity contribution in [3.8, 4) is 11.3 Å². The zero-order valence-electron chi connectivity index (χ0n) is 14.0. The monoisotopic (exact) mass is 367 g/mol. The van der Waals surface area contributed by atoms with Crippen LogP contribution in [0.25, 0.3) is 11.3 Å². The Labute approximate surface area is 149 Å². The molecule has 0 fully saturated rings. The van der Waals surface area contributed by atoms with Crippen molar-refractivity contribution in [3.05, 3.63) is 40.4 Å². The Balaban J connectivity index is 2.14. The molecule has 0 aliphatic heterocycles. The van der Waals surface area contributed by atoms with Crippen molar-refractivity contribution < 1.29 is 18.5 Å². The maximum absolute atomic E-state index is 14.1. The van der Waals surface area contributed by atoms with Gasteiger partial charge in [-0.3, -0.25) is 9.59 Å². The van der Waals surface area contributed by atoms with Crippen molar-refractivity contribution in [1.82, 2.24) is 15.8 Å². The normalized spacial score (nSPS) is 10.6. The zero-order valence-corrected chi connectivity index (χ0v) is 14.7. The van der Waals surface area contributed by atoms with Gasteiger partial charge >= 0.3 is 0 Å². The topological polar surface area (TPSA) is 84.2 Å². The summed E-state index contributed by atoms with van der Waals surface area (Å²) < 4.78 is 19.2. The molecule has 0 unspecified atom stereocenters. The molecule has 0 aliphatic rings. The minimum absolute atomic E-state index is 0.00635. The third-order valence-corrected chi connectivity index (χ3v) is 3.81. The molecule has 0 saturated heterocycles. The highest BCUT2D eigenvalue weighted by Gasteiger charge is 2.25. The smallest absolute Gasteiger partial charge is 0.257 e. The highest BCUT2D eigenvalue weighted by molar-refractivity contribution is 6.33. The molecule has 1 aromatic carbocycles. The Bertz CT molecular complexity index is 756. The third-order valence-electron chi connectivity index (χ3n) is 3.50. The van der Waals surface area contributed by atoms with Crippen molar-refractivity contribution in [2.24, 2.45) is 0 Å². The van der Waals surface area contributed by atoms with Crippen LogP contribution in [0.4, 0.5) is 4.39 Å². The molecule has 0 atom stereocenters. The molecule has 8 heteroatoms. The van der Waals surface area contributed by atoms with Gasteiger partial charge in [0, 0.05) is 19.5 Å². The largest absolute Gasteiger partial charge is 0.360 e. The Morgan fingerprint density at radius 3 is 2.72 bits per heavy atom. The molecule has 134 valence electrons. The van der Waals surface area contributed by atoms with Crippen LogP contribution >= 0.6 is 11.6 Å². The van der Waals surface area contributed by atoms with Crippen LogP contribution in [0, 0.1) is 12.7 Å². The molecule has 1 aromatic heterocycles. The van der Waals surface area contributed by atoms with Crippen LogP contribution in [0.1, 0.15) is 35.9 Å². The van der Waals surface area contributed by atoms with Crippen LogP contribution in [0.2, 0.25) is 5.02 Å². The molecule has 2 amide bonds. The minimum atomic E-state index is -0.603. The first-order chi connectivity index (χ1) is 12.0. The van der Waals surface area contributed by atoms with E-state index >= 15 is 0 Å². The fourth-order valence-corrected chi connectivity index (χ4v) is 2.52. The molecule has 0 aliphatic carbocycles. The first-order valence-corrected chi connectivity index (χ1v) is 8.29.